The number of hydrogen-bond donors (Lipinski definition) is 2. The van der Waals surface area contributed by atoms with Crippen LogP contribution in [0.2, 0.25) is 5.02 Å². The first-order valence-electron chi connectivity index (χ1n) is 4.97. The third kappa shape index (κ3) is 2.55. The predicted molar refractivity (Wildman–Crippen MR) is 70.9 cm³/mol. The fourth-order valence-corrected chi connectivity index (χ4v) is 2.78. The molecule has 5 nitrogen and oxygen atoms in total. The maximum absolute atomic E-state index is 12.1. The maximum atomic E-state index is 12.1. The van der Waals surface area contributed by atoms with Gasteiger partial charge in [-0.05, 0) is 18.2 Å². The smallest absolute Gasteiger partial charge is 0.264 e. The van der Waals surface area contributed by atoms with Gasteiger partial charge in [-0.2, -0.15) is 0 Å². The van der Waals surface area contributed by atoms with E-state index in [1.54, 1.807) is 12.1 Å². The summed E-state index contributed by atoms with van der Waals surface area (Å²) in [5.74, 6) is 0. The van der Waals surface area contributed by atoms with E-state index in [2.05, 4.69) is 9.71 Å². The van der Waals surface area contributed by atoms with Crippen molar-refractivity contribution in [2.75, 3.05) is 10.5 Å². The average Bonchev–Trinajstić information content (AvgIpc) is 2.32. The summed E-state index contributed by atoms with van der Waals surface area (Å²) < 4.78 is 26.5. The van der Waals surface area contributed by atoms with E-state index in [1.165, 1.54) is 30.6 Å². The van der Waals surface area contributed by atoms with E-state index in [1.807, 2.05) is 0 Å². The zero-order valence-electron chi connectivity index (χ0n) is 9.17. The van der Waals surface area contributed by atoms with Gasteiger partial charge in [0.25, 0.3) is 10.0 Å². The van der Waals surface area contributed by atoms with Gasteiger partial charge < -0.3 is 5.73 Å². The van der Waals surface area contributed by atoms with Gasteiger partial charge in [0.15, 0.2) is 0 Å². The molecule has 1 heterocycles. The summed E-state index contributed by atoms with van der Waals surface area (Å²) in [5, 5.41) is 0.267. The molecule has 18 heavy (non-hydrogen) atoms. The molecule has 0 radical (unpaired) electrons. The van der Waals surface area contributed by atoms with E-state index in [0.29, 0.717) is 0 Å². The molecule has 0 aliphatic rings. The van der Waals surface area contributed by atoms with Crippen molar-refractivity contribution in [1.29, 1.82) is 0 Å². The highest BCUT2D eigenvalue weighted by Crippen LogP contribution is 2.25. The number of nitrogens with zero attached hydrogens (tertiary/aromatic N) is 1. The van der Waals surface area contributed by atoms with Crippen LogP contribution in [-0.4, -0.2) is 13.4 Å². The highest BCUT2D eigenvalue weighted by atomic mass is 35.5. The molecule has 0 spiro atoms. The van der Waals surface area contributed by atoms with Gasteiger partial charge in [0.1, 0.15) is 4.90 Å². The van der Waals surface area contributed by atoms with Gasteiger partial charge in [-0.25, -0.2) is 8.42 Å². The minimum absolute atomic E-state index is 0.00456. The lowest BCUT2D eigenvalue weighted by Crippen LogP contribution is -2.15. The lowest BCUT2D eigenvalue weighted by molar-refractivity contribution is 0.601. The molecule has 0 saturated carbocycles. The summed E-state index contributed by atoms with van der Waals surface area (Å²) in [6.45, 7) is 0. The third-order valence-corrected chi connectivity index (χ3v) is 3.99. The van der Waals surface area contributed by atoms with Crippen molar-refractivity contribution >= 4 is 33.0 Å². The molecule has 0 saturated heterocycles. The SMILES string of the molecule is Nc1ccccc1S(=O)(=O)Nc1cnccc1Cl. The molecule has 94 valence electrons. The van der Waals surface area contributed by atoms with Crippen LogP contribution in [0.15, 0.2) is 47.6 Å². The molecule has 3 N–H and O–H groups in total. The van der Waals surface area contributed by atoms with E-state index in [-0.39, 0.29) is 21.3 Å². The second-order valence-corrected chi connectivity index (χ2v) is 5.56. The third-order valence-electron chi connectivity index (χ3n) is 2.22. The number of nitrogen functional groups attached to an aromatic ring is 1. The average molecular weight is 284 g/mol. The number of anilines is 2. The number of benzene rings is 1. The standard InChI is InChI=1S/C11H10ClN3O2S/c12-8-5-6-14-7-10(8)15-18(16,17)11-4-2-1-3-9(11)13/h1-7,15H,13H2. The Bertz CT molecular complexity index is 673. The summed E-state index contributed by atoms with van der Waals surface area (Å²) in [4.78, 5) is 3.81. The minimum Gasteiger partial charge on any atom is -0.398 e. The van der Waals surface area contributed by atoms with Crippen molar-refractivity contribution in [1.82, 2.24) is 4.98 Å². The quantitative estimate of drug-likeness (QED) is 0.845. The second-order valence-electron chi connectivity index (χ2n) is 3.50. The van der Waals surface area contributed by atoms with Crippen LogP contribution in [-0.2, 0) is 10.0 Å². The lowest BCUT2D eigenvalue weighted by Gasteiger charge is -2.10. The van der Waals surface area contributed by atoms with Crippen molar-refractivity contribution < 1.29 is 8.42 Å². The number of pyridine rings is 1. The molecule has 1 aromatic heterocycles. The van der Waals surface area contributed by atoms with Crippen LogP contribution in [0.4, 0.5) is 11.4 Å². The normalized spacial score (nSPS) is 11.2. The van der Waals surface area contributed by atoms with E-state index < -0.39 is 10.0 Å². The van der Waals surface area contributed by atoms with Crippen LogP contribution in [0.25, 0.3) is 0 Å². The van der Waals surface area contributed by atoms with Gasteiger partial charge in [-0.3, -0.25) is 9.71 Å². The number of sulfonamides is 1. The van der Waals surface area contributed by atoms with Crippen LogP contribution in [0.3, 0.4) is 0 Å². The fourth-order valence-electron chi connectivity index (χ4n) is 1.38. The van der Waals surface area contributed by atoms with Crippen molar-refractivity contribution in [3.63, 3.8) is 0 Å². The summed E-state index contributed by atoms with van der Waals surface area (Å²) in [6.07, 6.45) is 2.80. The van der Waals surface area contributed by atoms with Crippen LogP contribution in [0, 0.1) is 0 Å². The van der Waals surface area contributed by atoms with Gasteiger partial charge in [-0.1, -0.05) is 23.7 Å². The molecular formula is C11H10ClN3O2S. The fraction of sp³-hybridized carbons (Fsp3) is 0. The monoisotopic (exact) mass is 283 g/mol. The number of nitrogens with two attached hydrogens (primary N) is 1. The Morgan fingerprint density at radius 2 is 1.94 bits per heavy atom. The molecular weight excluding hydrogens is 274 g/mol. The Morgan fingerprint density at radius 3 is 2.61 bits per heavy atom. The number of nitrogens with one attached hydrogen (secondary N) is 1. The second kappa shape index (κ2) is 4.83. The van der Waals surface area contributed by atoms with Crippen molar-refractivity contribution in [3.05, 3.63) is 47.7 Å². The maximum Gasteiger partial charge on any atom is 0.264 e. The minimum atomic E-state index is -3.77. The lowest BCUT2D eigenvalue weighted by atomic mass is 10.3. The zero-order chi connectivity index (χ0) is 13.2. The summed E-state index contributed by atoms with van der Waals surface area (Å²) in [6, 6.07) is 7.68. The van der Waals surface area contributed by atoms with Crippen molar-refractivity contribution in [2.24, 2.45) is 0 Å². The molecule has 0 amide bonds. The largest absolute Gasteiger partial charge is 0.398 e. The summed E-state index contributed by atoms with van der Waals surface area (Å²) in [7, 11) is -3.77. The van der Waals surface area contributed by atoms with Crippen LogP contribution in [0.5, 0.6) is 0 Å². The highest BCUT2D eigenvalue weighted by molar-refractivity contribution is 7.92. The molecule has 2 rings (SSSR count). The van der Waals surface area contributed by atoms with Gasteiger partial charge in [0, 0.05) is 6.20 Å². The van der Waals surface area contributed by atoms with Crippen LogP contribution in [0.1, 0.15) is 0 Å². The first kappa shape index (κ1) is 12.7. The van der Waals surface area contributed by atoms with Gasteiger partial charge >= 0.3 is 0 Å². The van der Waals surface area contributed by atoms with E-state index in [9.17, 15) is 8.42 Å². The van der Waals surface area contributed by atoms with Crippen molar-refractivity contribution in [3.8, 4) is 0 Å². The number of rotatable bonds is 3. The number of aromatic nitrogens is 1. The summed E-state index contributed by atoms with van der Waals surface area (Å²) in [5.41, 5.74) is 6.01. The molecule has 0 atom stereocenters. The Labute approximate surface area is 110 Å². The Balaban J connectivity index is 2.40. The zero-order valence-corrected chi connectivity index (χ0v) is 10.7. The van der Waals surface area contributed by atoms with Gasteiger partial charge in [-0.15, -0.1) is 0 Å². The molecule has 0 fully saturated rings. The molecule has 0 aliphatic carbocycles. The topological polar surface area (TPSA) is 85.1 Å². The highest BCUT2D eigenvalue weighted by Gasteiger charge is 2.18. The first-order chi connectivity index (χ1) is 8.50. The predicted octanol–water partition coefficient (Wildman–Crippen LogP) is 2.12. The molecule has 0 aliphatic heterocycles. The molecule has 7 heteroatoms. The van der Waals surface area contributed by atoms with Crippen LogP contribution >= 0.6 is 11.6 Å². The van der Waals surface area contributed by atoms with Gasteiger partial charge in [0.2, 0.25) is 0 Å². The molecule has 1 aromatic carbocycles. The summed E-state index contributed by atoms with van der Waals surface area (Å²) >= 11 is 5.86. The molecule has 2 aromatic rings. The Morgan fingerprint density at radius 1 is 1.22 bits per heavy atom. The molecule has 0 unspecified atom stereocenters. The van der Waals surface area contributed by atoms with Crippen LogP contribution < -0.4 is 10.5 Å². The van der Waals surface area contributed by atoms with E-state index >= 15 is 0 Å². The molecule has 0 bridgehead atoms. The number of hydrogen-bond acceptors (Lipinski definition) is 4. The van der Waals surface area contributed by atoms with E-state index in [0.717, 1.165) is 0 Å². The number of para-hydroxylation sites is 1. The number of halogens is 1. The van der Waals surface area contributed by atoms with Crippen molar-refractivity contribution in [2.45, 2.75) is 4.90 Å². The van der Waals surface area contributed by atoms with Gasteiger partial charge in [0.05, 0.1) is 22.6 Å². The van der Waals surface area contributed by atoms with E-state index in [4.69, 9.17) is 17.3 Å². The first-order valence-corrected chi connectivity index (χ1v) is 6.83. The Kier molecular flexibility index (Phi) is 3.40. The Hall–Kier alpha value is -1.79.